The second-order valence-corrected chi connectivity index (χ2v) is 11.6. The summed E-state index contributed by atoms with van der Waals surface area (Å²) in [5.74, 6) is -5.14. The first-order valence-electron chi connectivity index (χ1n) is 16.4. The molecule has 0 radical (unpaired) electrons. The van der Waals surface area contributed by atoms with E-state index in [1.807, 2.05) is 34.6 Å². The molecule has 0 aromatic heterocycles. The van der Waals surface area contributed by atoms with Crippen LogP contribution in [0, 0.1) is 24.4 Å². The second-order valence-electron chi connectivity index (χ2n) is 11.6. The molecule has 0 saturated heterocycles. The van der Waals surface area contributed by atoms with Crippen LogP contribution in [0.3, 0.4) is 0 Å². The first-order valence-corrected chi connectivity index (χ1v) is 16.4. The number of unbranched alkanes of at least 4 members (excludes halogenated alkanes) is 1. The van der Waals surface area contributed by atoms with E-state index in [0.717, 1.165) is 49.8 Å². The van der Waals surface area contributed by atoms with E-state index in [4.69, 9.17) is 0 Å². The molecule has 2 aromatic rings. The van der Waals surface area contributed by atoms with Crippen LogP contribution in [-0.4, -0.2) is 29.8 Å². The highest BCUT2D eigenvalue weighted by Crippen LogP contribution is 2.33. The first-order chi connectivity index (χ1) is 23.1. The standard InChI is InChI=1S/C22H26F2N2O.C15H20F5NO/c1-5-7-18(6-2)21(26-11-10-19(23)12-16(26)4)22(27)25-14-17-9-8-15(3)20(24)13-17;1-4-6-7-21(10(3)5-2)11-8-12(16)14(13(17)9-11)22-15(18,19)20/h8-13H,4-7,14H2,1-3H3,(H,25,27);8-10H,4-7H2,1-3H3/b21-18-;/t;10-/m.0/s1. The number of carbonyl (C=O) groups is 1. The van der Waals surface area contributed by atoms with Gasteiger partial charge < -0.3 is 19.9 Å². The lowest BCUT2D eigenvalue weighted by molar-refractivity contribution is -0.276. The number of carbonyl (C=O) groups excluding carboxylic acids is 1. The molecule has 2 aromatic carbocycles. The van der Waals surface area contributed by atoms with Crippen molar-refractivity contribution in [3.63, 3.8) is 0 Å². The minimum Gasteiger partial charge on any atom is -0.399 e. The first kappa shape index (κ1) is 41.0. The Kier molecular flexibility index (Phi) is 16.0. The highest BCUT2D eigenvalue weighted by Gasteiger charge is 2.34. The summed E-state index contributed by atoms with van der Waals surface area (Å²) < 4.78 is 94.6. The zero-order valence-electron chi connectivity index (χ0n) is 28.9. The highest BCUT2D eigenvalue weighted by atomic mass is 19.4. The smallest absolute Gasteiger partial charge is 0.399 e. The third kappa shape index (κ3) is 12.3. The van der Waals surface area contributed by atoms with Crippen LogP contribution >= 0.6 is 0 Å². The van der Waals surface area contributed by atoms with E-state index >= 15 is 0 Å². The summed E-state index contributed by atoms with van der Waals surface area (Å²) in [4.78, 5) is 16.4. The van der Waals surface area contributed by atoms with Crippen molar-refractivity contribution >= 4 is 11.6 Å². The van der Waals surface area contributed by atoms with Crippen LogP contribution in [-0.2, 0) is 11.3 Å². The lowest BCUT2D eigenvalue weighted by Crippen LogP contribution is -2.33. The molecule has 0 bridgehead atoms. The molecule has 0 aliphatic carbocycles. The Hall–Kier alpha value is -4.22. The number of alkyl halides is 3. The van der Waals surface area contributed by atoms with Gasteiger partial charge >= 0.3 is 6.36 Å². The van der Waals surface area contributed by atoms with Crippen molar-refractivity contribution in [3.05, 3.63) is 107 Å². The van der Waals surface area contributed by atoms with Gasteiger partial charge in [0.15, 0.2) is 11.6 Å². The number of hydrogen-bond acceptors (Lipinski definition) is 4. The van der Waals surface area contributed by atoms with Gasteiger partial charge in [-0.05, 0) is 74.4 Å². The Morgan fingerprint density at radius 3 is 2.16 bits per heavy atom. The summed E-state index contributed by atoms with van der Waals surface area (Å²) in [7, 11) is 0. The van der Waals surface area contributed by atoms with Gasteiger partial charge in [0, 0.05) is 48.8 Å². The van der Waals surface area contributed by atoms with Gasteiger partial charge in [0.2, 0.25) is 5.75 Å². The molecular weight excluding hydrogens is 651 g/mol. The number of amides is 1. The summed E-state index contributed by atoms with van der Waals surface area (Å²) in [6.45, 7) is 16.2. The molecule has 1 aliphatic heterocycles. The molecular formula is C37H46F7N3O2. The number of nitrogens with zero attached hydrogens (tertiary/aromatic N) is 2. The monoisotopic (exact) mass is 697 g/mol. The summed E-state index contributed by atoms with van der Waals surface area (Å²) in [5, 5.41) is 2.85. The SMILES string of the molecule is C=C1C=C(F)C=CN1/C(C(=O)NCc1ccc(C)c(F)c1)=C(/CC)CCC.CCCCN(c1cc(F)c(OC(F)(F)F)c(F)c1)[C@@H](C)CC. The zero-order valence-corrected chi connectivity index (χ0v) is 28.9. The fourth-order valence-corrected chi connectivity index (χ4v) is 5.03. The molecule has 3 rings (SSSR count). The number of hydrogen-bond donors (Lipinski definition) is 1. The van der Waals surface area contributed by atoms with E-state index in [1.165, 1.54) is 24.4 Å². The van der Waals surface area contributed by atoms with Gasteiger partial charge in [0.1, 0.15) is 17.3 Å². The summed E-state index contributed by atoms with van der Waals surface area (Å²) >= 11 is 0. The molecule has 12 heteroatoms. The Morgan fingerprint density at radius 1 is 1.00 bits per heavy atom. The number of benzene rings is 2. The average molecular weight is 698 g/mol. The van der Waals surface area contributed by atoms with Crippen LogP contribution < -0.4 is 15.0 Å². The van der Waals surface area contributed by atoms with Gasteiger partial charge in [0.05, 0.1) is 0 Å². The molecule has 1 atom stereocenters. The molecule has 5 nitrogen and oxygen atoms in total. The maximum atomic E-state index is 13.8. The largest absolute Gasteiger partial charge is 0.573 e. The van der Waals surface area contributed by atoms with Crippen molar-refractivity contribution < 1.29 is 40.3 Å². The third-order valence-corrected chi connectivity index (χ3v) is 7.86. The quantitative estimate of drug-likeness (QED) is 0.158. The van der Waals surface area contributed by atoms with Crippen LogP contribution in [0.1, 0.15) is 84.3 Å². The Labute approximate surface area is 284 Å². The Balaban J connectivity index is 0.000000348. The summed E-state index contributed by atoms with van der Waals surface area (Å²) in [6, 6.07) is 6.67. The lowest BCUT2D eigenvalue weighted by atomic mass is 10.0. The molecule has 1 amide bonds. The van der Waals surface area contributed by atoms with Crippen LogP contribution in [0.25, 0.3) is 0 Å². The minimum absolute atomic E-state index is 0.0136. The molecule has 0 fully saturated rings. The van der Waals surface area contributed by atoms with Gasteiger partial charge in [-0.1, -0.05) is 59.2 Å². The number of halogens is 7. The maximum absolute atomic E-state index is 13.8. The van der Waals surface area contributed by atoms with Crippen molar-refractivity contribution in [1.82, 2.24) is 10.2 Å². The maximum Gasteiger partial charge on any atom is 0.573 e. The van der Waals surface area contributed by atoms with E-state index in [1.54, 1.807) is 28.9 Å². The van der Waals surface area contributed by atoms with Crippen molar-refractivity contribution in [3.8, 4) is 5.75 Å². The number of anilines is 1. The lowest BCUT2D eigenvalue weighted by Gasteiger charge is -2.31. The molecule has 49 heavy (non-hydrogen) atoms. The average Bonchev–Trinajstić information content (AvgIpc) is 3.03. The second kappa shape index (κ2) is 19.1. The van der Waals surface area contributed by atoms with Gasteiger partial charge in [-0.3, -0.25) is 4.79 Å². The van der Waals surface area contributed by atoms with Crippen LogP contribution in [0.2, 0.25) is 0 Å². The summed E-state index contributed by atoms with van der Waals surface area (Å²) in [5.41, 5.74) is 3.27. The Bertz CT molecular complexity index is 1510. The van der Waals surface area contributed by atoms with Gasteiger partial charge in [-0.2, -0.15) is 0 Å². The molecule has 0 spiro atoms. The predicted octanol–water partition coefficient (Wildman–Crippen LogP) is 10.7. The molecule has 270 valence electrons. The highest BCUT2D eigenvalue weighted by molar-refractivity contribution is 5.94. The third-order valence-electron chi connectivity index (χ3n) is 7.86. The van der Waals surface area contributed by atoms with Crippen molar-refractivity contribution in [2.24, 2.45) is 0 Å². The molecule has 1 N–H and O–H groups in total. The molecule has 1 aliphatic rings. The van der Waals surface area contributed by atoms with Crippen LogP contribution in [0.4, 0.5) is 36.4 Å². The summed E-state index contributed by atoms with van der Waals surface area (Å²) in [6.07, 6.45) is 3.76. The van der Waals surface area contributed by atoms with Gasteiger partial charge in [-0.25, -0.2) is 17.6 Å². The molecule has 1 heterocycles. The number of aryl methyl sites for hydroxylation is 1. The van der Waals surface area contributed by atoms with Gasteiger partial charge in [-0.15, -0.1) is 13.2 Å². The fraction of sp³-hybridized carbons (Fsp3) is 0.432. The predicted molar refractivity (Wildman–Crippen MR) is 180 cm³/mol. The normalized spacial score (nSPS) is 14.0. The number of rotatable bonds is 14. The zero-order chi connectivity index (χ0) is 36.9. The van der Waals surface area contributed by atoms with E-state index in [9.17, 15) is 35.5 Å². The fourth-order valence-electron chi connectivity index (χ4n) is 5.03. The van der Waals surface area contributed by atoms with E-state index in [-0.39, 0.29) is 30.0 Å². The Morgan fingerprint density at radius 2 is 1.65 bits per heavy atom. The topological polar surface area (TPSA) is 44.8 Å². The number of nitrogens with one attached hydrogen (secondary N) is 1. The number of ether oxygens (including phenoxy) is 1. The molecule has 0 saturated carbocycles. The van der Waals surface area contributed by atoms with Crippen molar-refractivity contribution in [1.29, 1.82) is 0 Å². The molecule has 0 unspecified atom stereocenters. The van der Waals surface area contributed by atoms with E-state index in [0.29, 0.717) is 35.5 Å². The van der Waals surface area contributed by atoms with Crippen LogP contribution in [0.15, 0.2) is 78.1 Å². The van der Waals surface area contributed by atoms with Crippen LogP contribution in [0.5, 0.6) is 5.75 Å². The van der Waals surface area contributed by atoms with Crippen molar-refractivity contribution in [2.45, 2.75) is 99.0 Å². The van der Waals surface area contributed by atoms with E-state index in [2.05, 4.69) is 16.6 Å². The van der Waals surface area contributed by atoms with Crippen molar-refractivity contribution in [2.75, 3.05) is 11.4 Å². The van der Waals surface area contributed by atoms with Gasteiger partial charge in [0.25, 0.3) is 5.91 Å². The minimum atomic E-state index is -5.14. The van der Waals surface area contributed by atoms with E-state index < -0.39 is 29.6 Å². The number of allylic oxidation sites excluding steroid dienone is 4.